The van der Waals surface area contributed by atoms with Gasteiger partial charge in [-0.3, -0.25) is 4.79 Å². The minimum Gasteiger partial charge on any atom is -0.310 e. The van der Waals surface area contributed by atoms with Crippen molar-refractivity contribution in [3.63, 3.8) is 0 Å². The SMILES string of the molecule is CC(=O)N1CCCc2c(Cl)ccc(F)c21. The third kappa shape index (κ3) is 1.72. The predicted molar refractivity (Wildman–Crippen MR) is 57.8 cm³/mol. The smallest absolute Gasteiger partial charge is 0.223 e. The molecule has 2 rings (SSSR count). The Morgan fingerprint density at radius 3 is 2.93 bits per heavy atom. The molecule has 0 aromatic heterocycles. The van der Waals surface area contributed by atoms with Gasteiger partial charge < -0.3 is 4.90 Å². The molecular weight excluding hydrogens is 217 g/mol. The Hall–Kier alpha value is -1.09. The van der Waals surface area contributed by atoms with Crippen molar-refractivity contribution < 1.29 is 9.18 Å². The normalized spacial score (nSPS) is 15.0. The van der Waals surface area contributed by atoms with Crippen LogP contribution in [0.25, 0.3) is 0 Å². The van der Waals surface area contributed by atoms with Crippen LogP contribution in [-0.4, -0.2) is 12.5 Å². The second-order valence-corrected chi connectivity index (χ2v) is 4.04. The van der Waals surface area contributed by atoms with Gasteiger partial charge in [-0.2, -0.15) is 0 Å². The van der Waals surface area contributed by atoms with Crippen LogP contribution in [0.3, 0.4) is 0 Å². The molecular formula is C11H11ClFNO. The Kier molecular flexibility index (Phi) is 2.65. The zero-order chi connectivity index (χ0) is 11.0. The minimum absolute atomic E-state index is 0.142. The Bertz CT molecular complexity index is 419. The van der Waals surface area contributed by atoms with Gasteiger partial charge in [-0.15, -0.1) is 0 Å². The number of hydrogen-bond acceptors (Lipinski definition) is 1. The monoisotopic (exact) mass is 227 g/mol. The summed E-state index contributed by atoms with van der Waals surface area (Å²) < 4.78 is 13.6. The van der Waals surface area contributed by atoms with Gasteiger partial charge in [-0.25, -0.2) is 4.39 Å². The Labute approximate surface area is 92.6 Å². The summed E-state index contributed by atoms with van der Waals surface area (Å²) in [4.78, 5) is 12.8. The first-order valence-electron chi connectivity index (χ1n) is 4.86. The van der Waals surface area contributed by atoms with Crippen molar-refractivity contribution in [1.29, 1.82) is 0 Å². The van der Waals surface area contributed by atoms with Crippen LogP contribution in [0.1, 0.15) is 18.9 Å². The van der Waals surface area contributed by atoms with E-state index in [1.807, 2.05) is 0 Å². The van der Waals surface area contributed by atoms with E-state index in [2.05, 4.69) is 0 Å². The maximum atomic E-state index is 13.6. The molecule has 0 aliphatic carbocycles. The highest BCUT2D eigenvalue weighted by molar-refractivity contribution is 6.31. The summed E-state index contributed by atoms with van der Waals surface area (Å²) in [5.74, 6) is -0.513. The molecule has 0 N–H and O–H groups in total. The van der Waals surface area contributed by atoms with Gasteiger partial charge in [-0.05, 0) is 30.5 Å². The van der Waals surface area contributed by atoms with Crippen LogP contribution in [0, 0.1) is 5.82 Å². The zero-order valence-corrected chi connectivity index (χ0v) is 9.14. The highest BCUT2D eigenvalue weighted by atomic mass is 35.5. The van der Waals surface area contributed by atoms with Gasteiger partial charge in [0.1, 0.15) is 5.82 Å². The van der Waals surface area contributed by atoms with Crippen LogP contribution in [0.5, 0.6) is 0 Å². The Balaban J connectivity index is 2.59. The van der Waals surface area contributed by atoms with Crippen molar-refractivity contribution in [3.8, 4) is 0 Å². The van der Waals surface area contributed by atoms with Gasteiger partial charge in [0.05, 0.1) is 5.69 Å². The number of benzene rings is 1. The van der Waals surface area contributed by atoms with Gasteiger partial charge >= 0.3 is 0 Å². The summed E-state index contributed by atoms with van der Waals surface area (Å²) in [6.07, 6.45) is 1.56. The average molecular weight is 228 g/mol. The summed E-state index contributed by atoms with van der Waals surface area (Å²) in [7, 11) is 0. The fraction of sp³-hybridized carbons (Fsp3) is 0.364. The standard InChI is InChI=1S/C11H11ClFNO/c1-7(15)14-6-2-3-8-9(12)4-5-10(13)11(8)14/h4-5H,2-3,6H2,1H3. The predicted octanol–water partition coefficient (Wildman–Crippen LogP) is 2.78. The first kappa shape index (κ1) is 10.4. The summed E-state index contributed by atoms with van der Waals surface area (Å²) >= 11 is 5.98. The number of carbonyl (C=O) groups is 1. The van der Waals surface area contributed by atoms with E-state index in [1.165, 1.54) is 17.9 Å². The zero-order valence-electron chi connectivity index (χ0n) is 8.39. The van der Waals surface area contributed by atoms with Crippen LogP contribution in [-0.2, 0) is 11.2 Å². The highest BCUT2D eigenvalue weighted by Gasteiger charge is 2.25. The van der Waals surface area contributed by atoms with Crippen molar-refractivity contribution in [3.05, 3.63) is 28.5 Å². The van der Waals surface area contributed by atoms with Crippen LogP contribution in [0.2, 0.25) is 5.02 Å². The Morgan fingerprint density at radius 2 is 2.27 bits per heavy atom. The second-order valence-electron chi connectivity index (χ2n) is 3.63. The molecule has 1 amide bonds. The number of nitrogens with zero attached hydrogens (tertiary/aromatic N) is 1. The van der Waals surface area contributed by atoms with Gasteiger partial charge in [0, 0.05) is 18.5 Å². The number of rotatable bonds is 0. The molecule has 0 unspecified atom stereocenters. The van der Waals surface area contributed by atoms with Gasteiger partial charge in [0.15, 0.2) is 0 Å². The number of hydrogen-bond donors (Lipinski definition) is 0. The molecule has 0 saturated heterocycles. The third-order valence-corrected chi connectivity index (χ3v) is 2.99. The van der Waals surface area contributed by atoms with Crippen LogP contribution in [0.15, 0.2) is 12.1 Å². The van der Waals surface area contributed by atoms with Crippen molar-refractivity contribution in [2.24, 2.45) is 0 Å². The summed E-state index contributed by atoms with van der Waals surface area (Å²) in [5, 5.41) is 0.539. The maximum Gasteiger partial charge on any atom is 0.223 e. The van der Waals surface area contributed by atoms with Gasteiger partial charge in [0.2, 0.25) is 5.91 Å². The first-order valence-corrected chi connectivity index (χ1v) is 5.24. The largest absolute Gasteiger partial charge is 0.310 e. The minimum atomic E-state index is -0.371. The number of fused-ring (bicyclic) bond motifs is 1. The van der Waals surface area contributed by atoms with E-state index < -0.39 is 0 Å². The van der Waals surface area contributed by atoms with E-state index in [0.29, 0.717) is 17.3 Å². The molecule has 4 heteroatoms. The molecule has 1 aliphatic rings. The molecule has 1 aromatic rings. The number of amides is 1. The van der Waals surface area contributed by atoms with Crippen LogP contribution < -0.4 is 4.90 Å². The second kappa shape index (κ2) is 3.81. The number of anilines is 1. The van der Waals surface area contributed by atoms with Gasteiger partial charge in [0.25, 0.3) is 0 Å². The number of halogens is 2. The summed E-state index contributed by atoms with van der Waals surface area (Å²) in [6.45, 7) is 2.01. The molecule has 1 aliphatic heterocycles. The van der Waals surface area contributed by atoms with E-state index in [9.17, 15) is 9.18 Å². The molecule has 0 saturated carbocycles. The average Bonchev–Trinajstić information content (AvgIpc) is 2.23. The topological polar surface area (TPSA) is 20.3 Å². The first-order chi connectivity index (χ1) is 7.11. The van der Waals surface area contributed by atoms with Crippen molar-refractivity contribution >= 4 is 23.2 Å². The maximum absolute atomic E-state index is 13.6. The van der Waals surface area contributed by atoms with E-state index >= 15 is 0 Å². The van der Waals surface area contributed by atoms with Crippen molar-refractivity contribution in [2.45, 2.75) is 19.8 Å². The molecule has 0 atom stereocenters. The molecule has 0 fully saturated rings. The van der Waals surface area contributed by atoms with Gasteiger partial charge in [-0.1, -0.05) is 11.6 Å². The fourth-order valence-electron chi connectivity index (χ4n) is 1.95. The lowest BCUT2D eigenvalue weighted by atomic mass is 10.0. The van der Waals surface area contributed by atoms with E-state index in [0.717, 1.165) is 18.4 Å². The summed E-state index contributed by atoms with van der Waals surface area (Å²) in [6, 6.07) is 2.85. The van der Waals surface area contributed by atoms with Crippen LogP contribution >= 0.6 is 11.6 Å². The molecule has 0 bridgehead atoms. The Morgan fingerprint density at radius 1 is 1.53 bits per heavy atom. The quantitative estimate of drug-likeness (QED) is 0.668. The molecule has 15 heavy (non-hydrogen) atoms. The van der Waals surface area contributed by atoms with E-state index in [-0.39, 0.29) is 11.7 Å². The van der Waals surface area contributed by atoms with Crippen molar-refractivity contribution in [2.75, 3.05) is 11.4 Å². The number of carbonyl (C=O) groups excluding carboxylic acids is 1. The lowest BCUT2D eigenvalue weighted by molar-refractivity contribution is -0.116. The molecule has 1 aromatic carbocycles. The van der Waals surface area contributed by atoms with Crippen LogP contribution in [0.4, 0.5) is 10.1 Å². The molecule has 0 spiro atoms. The lowest BCUT2D eigenvalue weighted by Gasteiger charge is -2.29. The van der Waals surface area contributed by atoms with Crippen molar-refractivity contribution in [1.82, 2.24) is 0 Å². The third-order valence-electron chi connectivity index (χ3n) is 2.63. The molecule has 2 nitrogen and oxygen atoms in total. The lowest BCUT2D eigenvalue weighted by Crippen LogP contribution is -2.34. The molecule has 1 heterocycles. The fourth-order valence-corrected chi connectivity index (χ4v) is 2.20. The van der Waals surface area contributed by atoms with E-state index in [1.54, 1.807) is 6.07 Å². The molecule has 0 radical (unpaired) electrons. The highest BCUT2D eigenvalue weighted by Crippen LogP contribution is 2.34. The van der Waals surface area contributed by atoms with E-state index in [4.69, 9.17) is 11.6 Å². The summed E-state index contributed by atoms with van der Waals surface area (Å²) in [5.41, 5.74) is 1.11. The molecule has 80 valence electrons.